The topological polar surface area (TPSA) is 49.2 Å². The summed E-state index contributed by atoms with van der Waals surface area (Å²) in [5, 5.41) is 1.61. The molecule has 4 rings (SSSR count). The van der Waals surface area contributed by atoms with Crippen molar-refractivity contribution in [2.75, 3.05) is 0 Å². The number of aromatic nitrogens is 3. The van der Waals surface area contributed by atoms with Gasteiger partial charge in [0.2, 0.25) is 0 Å². The van der Waals surface area contributed by atoms with E-state index in [1.807, 2.05) is 33.0 Å². The molecule has 2 aromatic rings. The normalized spacial score (nSPS) is 33.0. The molecule has 0 spiro atoms. The SMILES string of the molecule is CC(Cl)S[C@H]1C[C@@H](n2ccc3c(Cl)ncnc32)[C@@H]2OC(C)(C)O[C@@H]21. The van der Waals surface area contributed by atoms with E-state index in [1.165, 1.54) is 6.33 Å². The van der Waals surface area contributed by atoms with Crippen LogP contribution in [-0.4, -0.2) is 42.5 Å². The Morgan fingerprint density at radius 1 is 1.33 bits per heavy atom. The summed E-state index contributed by atoms with van der Waals surface area (Å²) < 4.78 is 14.6. The minimum Gasteiger partial charge on any atom is -0.343 e. The van der Waals surface area contributed by atoms with Crippen molar-refractivity contribution in [3.05, 3.63) is 23.7 Å². The highest BCUT2D eigenvalue weighted by Gasteiger charge is 2.55. The van der Waals surface area contributed by atoms with Crippen LogP contribution in [0.25, 0.3) is 11.0 Å². The molecule has 0 bridgehead atoms. The standard InChI is InChI=1S/C16H19Cl2N3O2S/c1-8(17)24-11-6-10(12-13(11)23-16(2,3)22-12)21-5-4-9-14(18)19-7-20-15(9)21/h4-5,7-8,10-13H,6H2,1-3H3/t8?,10-,11+,12+,13-/m1/s1. The van der Waals surface area contributed by atoms with Gasteiger partial charge in [0.25, 0.3) is 0 Å². The molecule has 3 heterocycles. The third-order valence-corrected chi connectivity index (χ3v) is 6.36. The largest absolute Gasteiger partial charge is 0.343 e. The minimum absolute atomic E-state index is 0.0194. The van der Waals surface area contributed by atoms with Crippen LogP contribution in [0.1, 0.15) is 33.2 Å². The lowest BCUT2D eigenvalue weighted by molar-refractivity contribution is -0.154. The molecular weight excluding hydrogens is 369 g/mol. The summed E-state index contributed by atoms with van der Waals surface area (Å²) in [6.07, 6.45) is 4.41. The van der Waals surface area contributed by atoms with Crippen LogP contribution < -0.4 is 0 Å². The zero-order chi connectivity index (χ0) is 17.1. The summed E-state index contributed by atoms with van der Waals surface area (Å²) in [5.41, 5.74) is 0.830. The summed E-state index contributed by atoms with van der Waals surface area (Å²) >= 11 is 14.2. The minimum atomic E-state index is -0.585. The zero-order valence-electron chi connectivity index (χ0n) is 13.6. The van der Waals surface area contributed by atoms with Crippen LogP contribution >= 0.6 is 35.0 Å². The van der Waals surface area contributed by atoms with Gasteiger partial charge in [-0.05, 0) is 33.3 Å². The third-order valence-electron chi connectivity index (χ3n) is 4.56. The third kappa shape index (κ3) is 2.82. The van der Waals surface area contributed by atoms with Crippen molar-refractivity contribution in [1.29, 1.82) is 0 Å². The van der Waals surface area contributed by atoms with Crippen LogP contribution in [0, 0.1) is 0 Å². The van der Waals surface area contributed by atoms with Gasteiger partial charge >= 0.3 is 0 Å². The molecule has 5 nitrogen and oxygen atoms in total. The predicted octanol–water partition coefficient (Wildman–Crippen LogP) is 4.24. The molecule has 2 aromatic heterocycles. The van der Waals surface area contributed by atoms with E-state index in [9.17, 15) is 0 Å². The molecule has 0 radical (unpaired) electrons. The Hall–Kier alpha value is -0.530. The molecular formula is C16H19Cl2N3O2S. The lowest BCUT2D eigenvalue weighted by Crippen LogP contribution is -2.27. The molecule has 0 amide bonds. The molecule has 24 heavy (non-hydrogen) atoms. The smallest absolute Gasteiger partial charge is 0.163 e. The van der Waals surface area contributed by atoms with E-state index in [0.717, 1.165) is 17.5 Å². The van der Waals surface area contributed by atoms with Gasteiger partial charge in [-0.25, -0.2) is 9.97 Å². The summed E-state index contributed by atoms with van der Waals surface area (Å²) in [4.78, 5) is 8.48. The highest BCUT2D eigenvalue weighted by Crippen LogP contribution is 2.49. The summed E-state index contributed by atoms with van der Waals surface area (Å²) in [6, 6.07) is 2.09. The maximum Gasteiger partial charge on any atom is 0.163 e. The van der Waals surface area contributed by atoms with Gasteiger partial charge in [0.1, 0.15) is 29.3 Å². The number of nitrogens with zero attached hydrogens (tertiary/aromatic N) is 3. The van der Waals surface area contributed by atoms with Crippen molar-refractivity contribution in [1.82, 2.24) is 14.5 Å². The van der Waals surface area contributed by atoms with Crippen LogP contribution in [0.3, 0.4) is 0 Å². The summed E-state index contributed by atoms with van der Waals surface area (Å²) in [6.45, 7) is 5.91. The van der Waals surface area contributed by atoms with E-state index >= 15 is 0 Å². The van der Waals surface area contributed by atoms with Gasteiger partial charge in [-0.2, -0.15) is 0 Å². The fraction of sp³-hybridized carbons (Fsp3) is 0.625. The number of hydrogen-bond acceptors (Lipinski definition) is 5. The number of hydrogen-bond donors (Lipinski definition) is 0. The molecule has 1 aliphatic heterocycles. The second-order valence-electron chi connectivity index (χ2n) is 6.71. The molecule has 1 aliphatic carbocycles. The molecule has 1 unspecified atom stereocenters. The number of thioether (sulfide) groups is 1. The van der Waals surface area contributed by atoms with Gasteiger partial charge in [0.15, 0.2) is 5.79 Å². The van der Waals surface area contributed by atoms with Crippen LogP contribution in [0.15, 0.2) is 18.6 Å². The van der Waals surface area contributed by atoms with Crippen LogP contribution in [0.5, 0.6) is 0 Å². The fourth-order valence-electron chi connectivity index (χ4n) is 3.76. The molecule has 2 fully saturated rings. The Bertz CT molecular complexity index is 767. The maximum absolute atomic E-state index is 6.23. The van der Waals surface area contributed by atoms with Crippen molar-refractivity contribution < 1.29 is 9.47 Å². The number of alkyl halides is 1. The number of rotatable bonds is 3. The Morgan fingerprint density at radius 3 is 2.83 bits per heavy atom. The van der Waals surface area contributed by atoms with E-state index < -0.39 is 5.79 Å². The number of ether oxygens (including phenoxy) is 2. The van der Waals surface area contributed by atoms with Gasteiger partial charge in [-0.3, -0.25) is 0 Å². The molecule has 8 heteroatoms. The monoisotopic (exact) mass is 387 g/mol. The average Bonchev–Trinajstić information content (AvgIpc) is 3.12. The van der Waals surface area contributed by atoms with E-state index in [0.29, 0.717) is 5.15 Å². The lowest BCUT2D eigenvalue weighted by Gasteiger charge is -2.24. The fourth-order valence-corrected chi connectivity index (χ4v) is 5.50. The Morgan fingerprint density at radius 2 is 2.08 bits per heavy atom. The molecule has 2 aliphatic rings. The Kier molecular flexibility index (Phi) is 4.24. The van der Waals surface area contributed by atoms with Crippen LogP contribution in [0.2, 0.25) is 5.15 Å². The zero-order valence-corrected chi connectivity index (χ0v) is 16.0. The Balaban J connectivity index is 1.72. The quantitative estimate of drug-likeness (QED) is 0.582. The molecule has 0 aromatic carbocycles. The second-order valence-corrected chi connectivity index (χ2v) is 9.57. The first-order valence-electron chi connectivity index (χ1n) is 7.98. The van der Waals surface area contributed by atoms with Gasteiger partial charge in [0.05, 0.1) is 16.1 Å². The highest BCUT2D eigenvalue weighted by molar-refractivity contribution is 8.01. The van der Waals surface area contributed by atoms with Crippen molar-refractivity contribution in [3.63, 3.8) is 0 Å². The summed E-state index contributed by atoms with van der Waals surface area (Å²) in [5.74, 6) is -0.585. The van der Waals surface area contributed by atoms with Crippen molar-refractivity contribution >= 4 is 46.0 Å². The number of fused-ring (bicyclic) bond motifs is 2. The Labute approximate surface area is 155 Å². The van der Waals surface area contributed by atoms with Gasteiger partial charge in [0, 0.05) is 11.4 Å². The first-order valence-corrected chi connectivity index (χ1v) is 9.73. The maximum atomic E-state index is 6.23. The molecule has 1 saturated carbocycles. The van der Waals surface area contributed by atoms with E-state index in [-0.39, 0.29) is 28.2 Å². The highest BCUT2D eigenvalue weighted by atomic mass is 35.5. The van der Waals surface area contributed by atoms with Gasteiger partial charge < -0.3 is 14.0 Å². The molecule has 5 atom stereocenters. The first-order chi connectivity index (χ1) is 11.4. The van der Waals surface area contributed by atoms with Crippen molar-refractivity contribution in [2.24, 2.45) is 0 Å². The molecule has 130 valence electrons. The van der Waals surface area contributed by atoms with E-state index in [1.54, 1.807) is 11.8 Å². The van der Waals surface area contributed by atoms with Crippen molar-refractivity contribution in [3.8, 4) is 0 Å². The van der Waals surface area contributed by atoms with Crippen LogP contribution in [0.4, 0.5) is 0 Å². The van der Waals surface area contributed by atoms with Gasteiger partial charge in [-0.15, -0.1) is 23.4 Å². The van der Waals surface area contributed by atoms with E-state index in [2.05, 4.69) is 14.5 Å². The number of halogens is 2. The van der Waals surface area contributed by atoms with E-state index in [4.69, 9.17) is 32.7 Å². The van der Waals surface area contributed by atoms with Crippen molar-refractivity contribution in [2.45, 2.75) is 61.2 Å². The second kappa shape index (κ2) is 6.02. The average molecular weight is 388 g/mol. The predicted molar refractivity (Wildman–Crippen MR) is 96.7 cm³/mol. The van der Waals surface area contributed by atoms with Gasteiger partial charge in [-0.1, -0.05) is 11.6 Å². The summed E-state index contributed by atoms with van der Waals surface area (Å²) in [7, 11) is 0. The lowest BCUT2D eigenvalue weighted by atomic mass is 10.2. The molecule has 1 saturated heterocycles. The molecule has 0 N–H and O–H groups in total. The van der Waals surface area contributed by atoms with Crippen LogP contribution in [-0.2, 0) is 9.47 Å². The first kappa shape index (κ1) is 16.9.